The smallest absolute Gasteiger partial charge is 0.325 e. The fourth-order valence-corrected chi connectivity index (χ4v) is 2.46. The lowest BCUT2D eigenvalue weighted by Crippen LogP contribution is -2.12. The van der Waals surface area contributed by atoms with Gasteiger partial charge in [-0.3, -0.25) is 4.79 Å². The number of ether oxygens (including phenoxy) is 1. The van der Waals surface area contributed by atoms with Crippen LogP contribution in [0.25, 0.3) is 10.9 Å². The Bertz CT molecular complexity index is 605. The third-order valence-corrected chi connectivity index (χ3v) is 3.17. The van der Waals surface area contributed by atoms with Crippen LogP contribution in [0.15, 0.2) is 30.5 Å². The highest BCUT2D eigenvalue weighted by Gasteiger charge is 2.12. The van der Waals surface area contributed by atoms with Gasteiger partial charge in [0.05, 0.1) is 6.61 Å². The van der Waals surface area contributed by atoms with Gasteiger partial charge in [-0.2, -0.15) is 0 Å². The normalized spacial score (nSPS) is 11.8. The van der Waals surface area contributed by atoms with Crippen LogP contribution in [0.2, 0.25) is 0 Å². The number of nitrogens with zero attached hydrogens (tertiary/aromatic N) is 1. The molecule has 0 saturated heterocycles. The number of esters is 1. The molecule has 0 aliphatic heterocycles. The van der Waals surface area contributed by atoms with Gasteiger partial charge in [-0.25, -0.2) is 0 Å². The lowest BCUT2D eigenvalue weighted by atomic mass is 9.88. The first-order valence-corrected chi connectivity index (χ1v) is 7.12. The molecule has 3 nitrogen and oxygen atoms in total. The van der Waals surface area contributed by atoms with Crippen LogP contribution in [-0.4, -0.2) is 17.1 Å². The Balaban J connectivity index is 2.22. The third kappa shape index (κ3) is 3.62. The second-order valence-electron chi connectivity index (χ2n) is 6.38. The van der Waals surface area contributed by atoms with Crippen molar-refractivity contribution in [2.45, 2.75) is 40.7 Å². The zero-order valence-corrected chi connectivity index (χ0v) is 12.8. The molecule has 0 spiro atoms. The first-order valence-electron chi connectivity index (χ1n) is 7.12. The summed E-state index contributed by atoms with van der Waals surface area (Å²) < 4.78 is 6.93. The molecule has 0 aliphatic rings. The summed E-state index contributed by atoms with van der Waals surface area (Å²) in [7, 11) is 0. The van der Waals surface area contributed by atoms with Crippen LogP contribution in [0, 0.1) is 5.41 Å². The standard InChI is InChI=1S/C17H23NO2/c1-5-20-16(19)12-18-9-8-14-10-13(6-7-15(14)18)11-17(2,3)4/h6-10H,5,11-12H2,1-4H3. The molecule has 0 radical (unpaired) electrons. The summed E-state index contributed by atoms with van der Waals surface area (Å²) in [6, 6.07) is 8.51. The quantitative estimate of drug-likeness (QED) is 0.794. The number of benzene rings is 1. The summed E-state index contributed by atoms with van der Waals surface area (Å²) in [6.07, 6.45) is 2.99. The van der Waals surface area contributed by atoms with Crippen LogP contribution in [0.1, 0.15) is 33.3 Å². The van der Waals surface area contributed by atoms with Crippen molar-refractivity contribution in [2.24, 2.45) is 5.41 Å². The molecule has 3 heteroatoms. The van der Waals surface area contributed by atoms with Crippen molar-refractivity contribution >= 4 is 16.9 Å². The van der Waals surface area contributed by atoms with Gasteiger partial charge >= 0.3 is 5.97 Å². The Kier molecular flexibility index (Phi) is 4.17. The molecule has 0 bridgehead atoms. The molecule has 0 fully saturated rings. The topological polar surface area (TPSA) is 31.2 Å². The van der Waals surface area contributed by atoms with Crippen molar-refractivity contribution in [2.75, 3.05) is 6.61 Å². The van der Waals surface area contributed by atoms with Crippen molar-refractivity contribution in [3.63, 3.8) is 0 Å². The summed E-state index contributed by atoms with van der Waals surface area (Å²) in [6.45, 7) is 9.24. The summed E-state index contributed by atoms with van der Waals surface area (Å²) >= 11 is 0. The van der Waals surface area contributed by atoms with Gasteiger partial charge in [-0.1, -0.05) is 26.8 Å². The molecule has 0 saturated carbocycles. The molecule has 108 valence electrons. The molecule has 2 aromatic rings. The van der Waals surface area contributed by atoms with Gasteiger partial charge in [0, 0.05) is 11.7 Å². The van der Waals surface area contributed by atoms with Crippen LogP contribution in [0.5, 0.6) is 0 Å². The average Bonchev–Trinajstić information content (AvgIpc) is 2.70. The number of hydrogen-bond donors (Lipinski definition) is 0. The van der Waals surface area contributed by atoms with Crippen molar-refractivity contribution in [1.29, 1.82) is 0 Å². The SMILES string of the molecule is CCOC(=O)Cn1ccc2cc(CC(C)(C)C)ccc21. The van der Waals surface area contributed by atoms with E-state index in [1.54, 1.807) is 0 Å². The van der Waals surface area contributed by atoms with Crippen molar-refractivity contribution in [3.8, 4) is 0 Å². The minimum Gasteiger partial charge on any atom is -0.465 e. The van der Waals surface area contributed by atoms with Gasteiger partial charge < -0.3 is 9.30 Å². The maximum absolute atomic E-state index is 11.6. The number of carbonyl (C=O) groups is 1. The van der Waals surface area contributed by atoms with Crippen molar-refractivity contribution in [1.82, 2.24) is 4.57 Å². The van der Waals surface area contributed by atoms with Crippen molar-refractivity contribution in [3.05, 3.63) is 36.0 Å². The zero-order valence-electron chi connectivity index (χ0n) is 12.8. The number of hydrogen-bond acceptors (Lipinski definition) is 2. The van der Waals surface area contributed by atoms with Crippen LogP contribution in [0.3, 0.4) is 0 Å². The van der Waals surface area contributed by atoms with Crippen LogP contribution in [0.4, 0.5) is 0 Å². The van der Waals surface area contributed by atoms with E-state index in [1.165, 1.54) is 10.9 Å². The molecule has 1 heterocycles. The Hall–Kier alpha value is -1.77. The average molecular weight is 273 g/mol. The van der Waals surface area contributed by atoms with Gasteiger partial charge in [-0.05, 0) is 47.9 Å². The summed E-state index contributed by atoms with van der Waals surface area (Å²) in [5.74, 6) is -0.191. The van der Waals surface area contributed by atoms with Crippen LogP contribution in [-0.2, 0) is 22.5 Å². The molecule has 0 N–H and O–H groups in total. The molecule has 2 rings (SSSR count). The third-order valence-electron chi connectivity index (χ3n) is 3.17. The molecule has 0 atom stereocenters. The molecule has 1 aromatic carbocycles. The molecule has 0 aliphatic carbocycles. The highest BCUT2D eigenvalue weighted by Crippen LogP contribution is 2.24. The lowest BCUT2D eigenvalue weighted by Gasteiger charge is -2.18. The molecule has 0 amide bonds. The van der Waals surface area contributed by atoms with Gasteiger partial charge in [0.25, 0.3) is 0 Å². The monoisotopic (exact) mass is 273 g/mol. The van der Waals surface area contributed by atoms with E-state index in [9.17, 15) is 4.79 Å². The maximum Gasteiger partial charge on any atom is 0.325 e. The number of aromatic nitrogens is 1. The van der Waals surface area contributed by atoms with Crippen LogP contribution >= 0.6 is 0 Å². The van der Waals surface area contributed by atoms with E-state index in [1.807, 2.05) is 17.7 Å². The molecule has 20 heavy (non-hydrogen) atoms. The number of carbonyl (C=O) groups excluding carboxylic acids is 1. The second-order valence-corrected chi connectivity index (χ2v) is 6.38. The predicted octanol–water partition coefficient (Wildman–Crippen LogP) is 3.79. The van der Waals surface area contributed by atoms with Crippen molar-refractivity contribution < 1.29 is 9.53 Å². The molecule has 1 aromatic heterocycles. The van der Waals surface area contributed by atoms with Gasteiger partial charge in [0.1, 0.15) is 6.54 Å². The van der Waals surface area contributed by atoms with E-state index in [-0.39, 0.29) is 17.9 Å². The Morgan fingerprint density at radius 1 is 1.25 bits per heavy atom. The van der Waals surface area contributed by atoms with Gasteiger partial charge in [0.15, 0.2) is 0 Å². The summed E-state index contributed by atoms with van der Waals surface area (Å²) in [4.78, 5) is 11.6. The van der Waals surface area contributed by atoms with E-state index in [4.69, 9.17) is 4.74 Å². The lowest BCUT2D eigenvalue weighted by molar-refractivity contribution is -0.143. The largest absolute Gasteiger partial charge is 0.465 e. The minimum atomic E-state index is -0.191. The number of rotatable bonds is 4. The Morgan fingerprint density at radius 2 is 2.00 bits per heavy atom. The highest BCUT2D eigenvalue weighted by molar-refractivity contribution is 5.82. The number of fused-ring (bicyclic) bond motifs is 1. The first-order chi connectivity index (χ1) is 9.39. The van der Waals surface area contributed by atoms with E-state index in [0.29, 0.717) is 6.61 Å². The summed E-state index contributed by atoms with van der Waals surface area (Å²) in [5.41, 5.74) is 2.69. The first kappa shape index (κ1) is 14.6. The van der Waals surface area contributed by atoms with E-state index in [0.717, 1.165) is 11.9 Å². The second kappa shape index (κ2) is 5.70. The Morgan fingerprint density at radius 3 is 2.65 bits per heavy atom. The van der Waals surface area contributed by atoms with Gasteiger partial charge in [-0.15, -0.1) is 0 Å². The molecule has 0 unspecified atom stereocenters. The van der Waals surface area contributed by atoms with Crippen LogP contribution < -0.4 is 0 Å². The maximum atomic E-state index is 11.6. The molecular formula is C17H23NO2. The fraction of sp³-hybridized carbons (Fsp3) is 0.471. The van der Waals surface area contributed by atoms with E-state index in [2.05, 4.69) is 45.0 Å². The highest BCUT2D eigenvalue weighted by atomic mass is 16.5. The predicted molar refractivity (Wildman–Crippen MR) is 81.7 cm³/mol. The molecular weight excluding hydrogens is 250 g/mol. The minimum absolute atomic E-state index is 0.191. The summed E-state index contributed by atoms with van der Waals surface area (Å²) in [5, 5.41) is 1.18. The van der Waals surface area contributed by atoms with E-state index >= 15 is 0 Å². The fourth-order valence-electron chi connectivity index (χ4n) is 2.46. The van der Waals surface area contributed by atoms with Gasteiger partial charge in [0.2, 0.25) is 0 Å². The zero-order chi connectivity index (χ0) is 14.8. The Labute approximate surface area is 120 Å². The van der Waals surface area contributed by atoms with E-state index < -0.39 is 0 Å².